The van der Waals surface area contributed by atoms with Crippen molar-refractivity contribution in [1.82, 2.24) is 10.2 Å². The number of carbonyl (C=O) groups excluding carboxylic acids is 1. The third kappa shape index (κ3) is 2.63. The molecule has 1 aromatic rings. The number of fused-ring (bicyclic) bond motifs is 2. The second-order valence-electron chi connectivity index (χ2n) is 6.52. The fraction of sp³-hybridized carbons (Fsp3) is 0.588. The van der Waals surface area contributed by atoms with Crippen molar-refractivity contribution in [3.05, 3.63) is 35.9 Å². The third-order valence-electron chi connectivity index (χ3n) is 5.24. The van der Waals surface area contributed by atoms with Crippen LogP contribution in [0.2, 0.25) is 0 Å². The van der Waals surface area contributed by atoms with E-state index in [2.05, 4.69) is 17.3 Å². The van der Waals surface area contributed by atoms with Crippen LogP contribution >= 0.6 is 0 Å². The van der Waals surface area contributed by atoms with Crippen LogP contribution in [-0.2, 0) is 10.5 Å². The highest BCUT2D eigenvalue weighted by atomic mass is 19.1. The van der Waals surface area contributed by atoms with Gasteiger partial charge >= 0.3 is 0 Å². The van der Waals surface area contributed by atoms with Gasteiger partial charge in [0.05, 0.1) is 6.61 Å². The molecule has 2 N–H and O–H groups in total. The molecule has 0 spiro atoms. The van der Waals surface area contributed by atoms with Crippen molar-refractivity contribution in [2.75, 3.05) is 13.7 Å². The molecule has 4 nitrogen and oxygen atoms in total. The molecule has 4 atom stereocenters. The van der Waals surface area contributed by atoms with Crippen molar-refractivity contribution in [3.8, 4) is 0 Å². The molecule has 2 aliphatic rings. The molecule has 1 amide bonds. The first kappa shape index (κ1) is 15.4. The number of nitrogens with zero attached hydrogens (tertiary/aromatic N) is 1. The molecular weight excluding hydrogens is 283 g/mol. The average molecular weight is 306 g/mol. The number of benzene rings is 1. The van der Waals surface area contributed by atoms with Crippen molar-refractivity contribution in [2.45, 2.75) is 49.5 Å². The maximum Gasteiger partial charge on any atom is 0.265 e. The summed E-state index contributed by atoms with van der Waals surface area (Å²) in [5, 5.41) is 12.3. The molecule has 5 heteroatoms. The van der Waals surface area contributed by atoms with Gasteiger partial charge in [-0.15, -0.1) is 0 Å². The molecule has 2 heterocycles. The summed E-state index contributed by atoms with van der Waals surface area (Å²) >= 11 is 0. The summed E-state index contributed by atoms with van der Waals surface area (Å²) in [6, 6.07) is 9.11. The second kappa shape index (κ2) is 5.97. The Bertz CT molecular complexity index is 525. The Balaban J connectivity index is 1.71. The standard InChI is InChI=1S/C17H23FN2O2/c1-20-14-7-8-15(20)10-13(9-14)19-16(22)17(18,11-21)12-5-3-2-4-6-12/h2-6,13-15,21H,7-11H2,1H3,(H,19,22)/t13-,14-,15+,17?. The lowest BCUT2D eigenvalue weighted by atomic mass is 9.93. The van der Waals surface area contributed by atoms with Crippen LogP contribution in [0.25, 0.3) is 0 Å². The average Bonchev–Trinajstić information content (AvgIpc) is 2.76. The van der Waals surface area contributed by atoms with Gasteiger partial charge in [0, 0.05) is 23.7 Å². The van der Waals surface area contributed by atoms with E-state index in [1.165, 1.54) is 12.1 Å². The number of nitrogens with one attached hydrogen (secondary N) is 1. The topological polar surface area (TPSA) is 52.6 Å². The van der Waals surface area contributed by atoms with E-state index in [1.807, 2.05) is 0 Å². The zero-order chi connectivity index (χ0) is 15.7. The minimum absolute atomic E-state index is 0.00779. The molecule has 3 rings (SSSR count). The van der Waals surface area contributed by atoms with Crippen LogP contribution in [0.4, 0.5) is 4.39 Å². The Hall–Kier alpha value is -1.46. The van der Waals surface area contributed by atoms with Crippen molar-refractivity contribution >= 4 is 5.91 Å². The number of halogens is 1. The first-order valence-corrected chi connectivity index (χ1v) is 7.93. The van der Waals surface area contributed by atoms with Gasteiger partial charge in [-0.2, -0.15) is 0 Å². The summed E-state index contributed by atoms with van der Waals surface area (Å²) in [4.78, 5) is 14.8. The first-order chi connectivity index (χ1) is 10.5. The Kier molecular flexibility index (Phi) is 4.19. The smallest absolute Gasteiger partial charge is 0.265 e. The number of hydrogen-bond donors (Lipinski definition) is 2. The number of alkyl halides is 1. The molecule has 0 aliphatic carbocycles. The molecule has 0 saturated carbocycles. The van der Waals surface area contributed by atoms with Gasteiger partial charge in [0.1, 0.15) is 0 Å². The van der Waals surface area contributed by atoms with Crippen LogP contribution in [0.5, 0.6) is 0 Å². The molecule has 1 unspecified atom stereocenters. The lowest BCUT2D eigenvalue weighted by Crippen LogP contribution is -2.53. The molecule has 0 aromatic heterocycles. The maximum atomic E-state index is 15.0. The summed E-state index contributed by atoms with van der Waals surface area (Å²) in [6.45, 7) is -0.845. The number of carbonyl (C=O) groups is 1. The van der Waals surface area contributed by atoms with E-state index in [0.29, 0.717) is 12.1 Å². The quantitative estimate of drug-likeness (QED) is 0.888. The summed E-state index contributed by atoms with van der Waals surface area (Å²) in [6.07, 6.45) is 4.00. The monoisotopic (exact) mass is 306 g/mol. The molecule has 1 aromatic carbocycles. The summed E-state index contributed by atoms with van der Waals surface area (Å²) in [5.74, 6) is -0.727. The summed E-state index contributed by atoms with van der Waals surface area (Å²) < 4.78 is 15.0. The highest BCUT2D eigenvalue weighted by molar-refractivity contribution is 5.86. The molecule has 0 radical (unpaired) electrons. The van der Waals surface area contributed by atoms with Crippen molar-refractivity contribution in [1.29, 1.82) is 0 Å². The Labute approximate surface area is 130 Å². The highest BCUT2D eigenvalue weighted by Crippen LogP contribution is 2.35. The second-order valence-corrected chi connectivity index (χ2v) is 6.52. The van der Waals surface area contributed by atoms with E-state index in [4.69, 9.17) is 0 Å². The minimum Gasteiger partial charge on any atom is -0.392 e. The maximum absolute atomic E-state index is 15.0. The fourth-order valence-corrected chi connectivity index (χ4v) is 3.83. The molecule has 2 fully saturated rings. The predicted octanol–water partition coefficient (Wildman–Crippen LogP) is 1.59. The van der Waals surface area contributed by atoms with Gasteiger partial charge < -0.3 is 15.3 Å². The SMILES string of the molecule is CN1[C@@H]2CC[C@H]1C[C@H](NC(=O)C(F)(CO)c1ccccc1)C2. The van der Waals surface area contributed by atoms with Crippen LogP contribution < -0.4 is 5.32 Å². The molecule has 22 heavy (non-hydrogen) atoms. The van der Waals surface area contributed by atoms with Crippen molar-refractivity contribution in [3.63, 3.8) is 0 Å². The number of amides is 1. The van der Waals surface area contributed by atoms with Gasteiger partial charge in [0.15, 0.2) is 0 Å². The zero-order valence-corrected chi connectivity index (χ0v) is 12.8. The normalized spacial score (nSPS) is 30.8. The Morgan fingerprint density at radius 3 is 2.45 bits per heavy atom. The lowest BCUT2D eigenvalue weighted by Gasteiger charge is -2.37. The third-order valence-corrected chi connectivity index (χ3v) is 5.24. The van der Waals surface area contributed by atoms with Crippen molar-refractivity contribution in [2.24, 2.45) is 0 Å². The Morgan fingerprint density at radius 1 is 1.32 bits per heavy atom. The van der Waals surface area contributed by atoms with Crippen LogP contribution in [0.1, 0.15) is 31.2 Å². The minimum atomic E-state index is -2.37. The van der Waals surface area contributed by atoms with Crippen LogP contribution in [-0.4, -0.2) is 47.7 Å². The van der Waals surface area contributed by atoms with Gasteiger partial charge in [-0.1, -0.05) is 30.3 Å². The zero-order valence-electron chi connectivity index (χ0n) is 12.8. The van der Waals surface area contributed by atoms with E-state index >= 15 is 4.39 Å². The number of piperidine rings is 1. The molecule has 2 saturated heterocycles. The summed E-state index contributed by atoms with van der Waals surface area (Å²) in [7, 11) is 2.12. The number of aliphatic hydroxyl groups excluding tert-OH is 1. The number of aliphatic hydroxyl groups is 1. The van der Waals surface area contributed by atoms with Gasteiger partial charge in [-0.25, -0.2) is 4.39 Å². The largest absolute Gasteiger partial charge is 0.392 e. The van der Waals surface area contributed by atoms with Crippen molar-refractivity contribution < 1.29 is 14.3 Å². The van der Waals surface area contributed by atoms with Gasteiger partial charge in [0.2, 0.25) is 5.67 Å². The van der Waals surface area contributed by atoms with Crippen LogP contribution in [0.3, 0.4) is 0 Å². The first-order valence-electron chi connectivity index (χ1n) is 7.93. The number of hydrogen-bond acceptors (Lipinski definition) is 3. The van der Waals surface area contributed by atoms with Gasteiger partial charge in [-0.05, 0) is 32.7 Å². The highest BCUT2D eigenvalue weighted by Gasteiger charge is 2.44. The van der Waals surface area contributed by atoms with E-state index in [-0.39, 0.29) is 11.6 Å². The van der Waals surface area contributed by atoms with Crippen LogP contribution in [0.15, 0.2) is 30.3 Å². The van der Waals surface area contributed by atoms with E-state index in [0.717, 1.165) is 25.7 Å². The lowest BCUT2D eigenvalue weighted by molar-refractivity contribution is -0.137. The predicted molar refractivity (Wildman–Crippen MR) is 82.1 cm³/mol. The molecule has 120 valence electrons. The fourth-order valence-electron chi connectivity index (χ4n) is 3.83. The van der Waals surface area contributed by atoms with Crippen LogP contribution in [0, 0.1) is 0 Å². The Morgan fingerprint density at radius 2 is 1.91 bits per heavy atom. The molecule has 2 bridgehead atoms. The molecular formula is C17H23FN2O2. The van der Waals surface area contributed by atoms with E-state index in [1.54, 1.807) is 18.2 Å². The van der Waals surface area contributed by atoms with E-state index in [9.17, 15) is 9.90 Å². The van der Waals surface area contributed by atoms with Gasteiger partial charge in [-0.3, -0.25) is 4.79 Å². The summed E-state index contributed by atoms with van der Waals surface area (Å²) in [5.41, 5.74) is -2.17. The molecule has 2 aliphatic heterocycles. The van der Waals surface area contributed by atoms with E-state index < -0.39 is 18.2 Å². The van der Waals surface area contributed by atoms with Gasteiger partial charge in [0.25, 0.3) is 5.91 Å². The number of rotatable bonds is 4.